The van der Waals surface area contributed by atoms with Gasteiger partial charge in [0, 0.05) is 10.7 Å². The van der Waals surface area contributed by atoms with Gasteiger partial charge in [-0.15, -0.1) is 0 Å². The van der Waals surface area contributed by atoms with E-state index in [2.05, 4.69) is 61.7 Å². The summed E-state index contributed by atoms with van der Waals surface area (Å²) in [6.07, 6.45) is 2.12. The Balaban J connectivity index is 1.87. The predicted octanol–water partition coefficient (Wildman–Crippen LogP) is 3.06. The molecule has 0 spiro atoms. The fourth-order valence-corrected chi connectivity index (χ4v) is 2.85. The summed E-state index contributed by atoms with van der Waals surface area (Å²) in [6, 6.07) is 8.34. The summed E-state index contributed by atoms with van der Waals surface area (Å²) in [5.41, 5.74) is 2.69. The topological polar surface area (TPSA) is 15.6 Å². The number of aliphatic imine (C=N–C) groups is 1. The zero-order valence-corrected chi connectivity index (χ0v) is 10.3. The Kier molecular flexibility index (Phi) is 2.33. The fraction of sp³-hybridized carbons (Fsp3) is 0.182. The van der Waals surface area contributed by atoms with Crippen molar-refractivity contribution in [2.45, 2.75) is 5.50 Å². The Labute approximate surface area is 101 Å². The average molecular weight is 281 g/mol. The normalized spacial score (nSPS) is 23.1. The molecule has 2 aliphatic rings. The summed E-state index contributed by atoms with van der Waals surface area (Å²) < 4.78 is 1.11. The zero-order valence-electron chi connectivity index (χ0n) is 7.93. The van der Waals surface area contributed by atoms with Gasteiger partial charge in [-0.1, -0.05) is 39.8 Å². The molecule has 1 atom stereocenters. The van der Waals surface area contributed by atoms with E-state index in [1.54, 1.807) is 11.8 Å². The molecule has 2 nitrogen and oxygen atoms in total. The standard InChI is InChI=1S/C11H9BrN2S/c12-9-3-1-8(2-4-9)10-7-14-5-6-15-11(14)13-10/h1-6,11H,7H2/t11-/m0/s1. The molecule has 0 amide bonds. The van der Waals surface area contributed by atoms with E-state index < -0.39 is 0 Å². The number of halogens is 1. The molecule has 2 aliphatic heterocycles. The van der Waals surface area contributed by atoms with Crippen LogP contribution in [0.15, 0.2) is 45.3 Å². The van der Waals surface area contributed by atoms with E-state index in [0.29, 0.717) is 0 Å². The van der Waals surface area contributed by atoms with E-state index in [1.165, 1.54) is 11.3 Å². The molecule has 0 N–H and O–H groups in total. The van der Waals surface area contributed by atoms with Crippen molar-refractivity contribution < 1.29 is 0 Å². The summed E-state index contributed by atoms with van der Waals surface area (Å²) in [5.74, 6) is 0. The molecule has 0 unspecified atom stereocenters. The highest BCUT2D eigenvalue weighted by Crippen LogP contribution is 2.31. The second-order valence-corrected chi connectivity index (χ2v) is 5.38. The summed E-state index contributed by atoms with van der Waals surface area (Å²) in [6.45, 7) is 0.926. The highest BCUT2D eigenvalue weighted by Gasteiger charge is 2.27. The number of hydrogen-bond donors (Lipinski definition) is 0. The quantitative estimate of drug-likeness (QED) is 0.786. The lowest BCUT2D eigenvalue weighted by Crippen LogP contribution is -2.19. The number of nitrogens with zero attached hydrogens (tertiary/aromatic N) is 2. The summed E-state index contributed by atoms with van der Waals surface area (Å²) in [4.78, 5) is 6.93. The number of rotatable bonds is 1. The molecule has 1 aromatic rings. The van der Waals surface area contributed by atoms with Crippen molar-refractivity contribution in [2.24, 2.45) is 4.99 Å². The maximum atomic E-state index is 4.68. The molecule has 0 saturated carbocycles. The van der Waals surface area contributed by atoms with E-state index >= 15 is 0 Å². The summed E-state index contributed by atoms with van der Waals surface area (Å²) in [7, 11) is 0. The van der Waals surface area contributed by atoms with Crippen molar-refractivity contribution in [3.63, 3.8) is 0 Å². The lowest BCUT2D eigenvalue weighted by molar-refractivity contribution is 0.448. The van der Waals surface area contributed by atoms with E-state index in [1.807, 2.05) is 0 Å². The van der Waals surface area contributed by atoms with Gasteiger partial charge in [0.15, 0.2) is 5.50 Å². The van der Waals surface area contributed by atoms with Crippen molar-refractivity contribution in [2.75, 3.05) is 6.54 Å². The highest BCUT2D eigenvalue weighted by molar-refractivity contribution is 9.10. The molecule has 76 valence electrons. The SMILES string of the molecule is Brc1ccc(C2=N[C@@H]3SC=CN3C2)cc1. The number of benzene rings is 1. The van der Waals surface area contributed by atoms with Crippen LogP contribution in [0.4, 0.5) is 0 Å². The Morgan fingerprint density at radius 2 is 2.13 bits per heavy atom. The maximum absolute atomic E-state index is 4.68. The number of fused-ring (bicyclic) bond motifs is 1. The van der Waals surface area contributed by atoms with Crippen LogP contribution in [0.25, 0.3) is 0 Å². The molecule has 4 heteroatoms. The first kappa shape index (κ1) is 9.48. The highest BCUT2D eigenvalue weighted by atomic mass is 79.9. The summed E-state index contributed by atoms with van der Waals surface area (Å²) in [5, 5.41) is 2.10. The third kappa shape index (κ3) is 1.72. The van der Waals surface area contributed by atoms with E-state index in [4.69, 9.17) is 0 Å². The van der Waals surface area contributed by atoms with Gasteiger partial charge in [0.25, 0.3) is 0 Å². The van der Waals surface area contributed by atoms with Crippen LogP contribution in [0.1, 0.15) is 5.56 Å². The van der Waals surface area contributed by atoms with Crippen molar-refractivity contribution in [3.05, 3.63) is 45.9 Å². The fourth-order valence-electron chi connectivity index (χ4n) is 1.73. The molecule has 0 aromatic heterocycles. The zero-order chi connectivity index (χ0) is 10.3. The van der Waals surface area contributed by atoms with Crippen LogP contribution in [-0.4, -0.2) is 22.7 Å². The molecular weight excluding hydrogens is 272 g/mol. The van der Waals surface area contributed by atoms with Crippen LogP contribution < -0.4 is 0 Å². The van der Waals surface area contributed by atoms with Gasteiger partial charge in [-0.3, -0.25) is 4.99 Å². The van der Waals surface area contributed by atoms with Gasteiger partial charge in [-0.2, -0.15) is 0 Å². The minimum atomic E-state index is 0.281. The van der Waals surface area contributed by atoms with Crippen molar-refractivity contribution in [1.29, 1.82) is 0 Å². The van der Waals surface area contributed by atoms with Gasteiger partial charge < -0.3 is 4.90 Å². The molecule has 2 heterocycles. The van der Waals surface area contributed by atoms with Crippen LogP contribution in [0.3, 0.4) is 0 Å². The van der Waals surface area contributed by atoms with Gasteiger partial charge >= 0.3 is 0 Å². The van der Waals surface area contributed by atoms with Crippen LogP contribution >= 0.6 is 27.7 Å². The minimum absolute atomic E-state index is 0.281. The van der Waals surface area contributed by atoms with Gasteiger partial charge in [0.05, 0.1) is 12.3 Å². The lowest BCUT2D eigenvalue weighted by Gasteiger charge is -2.11. The predicted molar refractivity (Wildman–Crippen MR) is 67.9 cm³/mol. The number of thioether (sulfide) groups is 1. The average Bonchev–Trinajstić information content (AvgIpc) is 2.78. The molecular formula is C11H9BrN2S. The van der Waals surface area contributed by atoms with E-state index in [9.17, 15) is 0 Å². The van der Waals surface area contributed by atoms with E-state index in [-0.39, 0.29) is 5.50 Å². The largest absolute Gasteiger partial charge is 0.341 e. The molecule has 0 bridgehead atoms. The Bertz CT molecular complexity index is 438. The molecule has 3 rings (SSSR count). The van der Waals surface area contributed by atoms with Crippen molar-refractivity contribution in [3.8, 4) is 0 Å². The number of hydrogen-bond acceptors (Lipinski definition) is 3. The Morgan fingerprint density at radius 1 is 1.33 bits per heavy atom. The molecule has 0 saturated heterocycles. The lowest BCUT2D eigenvalue weighted by atomic mass is 10.1. The molecule has 1 aromatic carbocycles. The van der Waals surface area contributed by atoms with Gasteiger partial charge in [-0.25, -0.2) is 0 Å². The van der Waals surface area contributed by atoms with Crippen molar-refractivity contribution >= 4 is 33.4 Å². The second kappa shape index (κ2) is 3.68. The van der Waals surface area contributed by atoms with Gasteiger partial charge in [0.2, 0.25) is 0 Å². The third-order valence-electron chi connectivity index (χ3n) is 2.51. The summed E-state index contributed by atoms with van der Waals surface area (Å²) >= 11 is 5.20. The first-order chi connectivity index (χ1) is 7.33. The smallest absolute Gasteiger partial charge is 0.173 e. The first-order valence-electron chi connectivity index (χ1n) is 4.73. The Hall–Kier alpha value is -0.740. The Morgan fingerprint density at radius 3 is 2.87 bits per heavy atom. The first-order valence-corrected chi connectivity index (χ1v) is 6.47. The van der Waals surface area contributed by atoms with Crippen LogP contribution in [0.2, 0.25) is 0 Å². The molecule has 15 heavy (non-hydrogen) atoms. The van der Waals surface area contributed by atoms with Gasteiger partial charge in [-0.05, 0) is 23.1 Å². The molecule has 0 aliphatic carbocycles. The second-order valence-electron chi connectivity index (χ2n) is 3.50. The maximum Gasteiger partial charge on any atom is 0.173 e. The van der Waals surface area contributed by atoms with Crippen LogP contribution in [-0.2, 0) is 0 Å². The van der Waals surface area contributed by atoms with Gasteiger partial charge in [0.1, 0.15) is 0 Å². The minimum Gasteiger partial charge on any atom is -0.341 e. The van der Waals surface area contributed by atoms with Crippen LogP contribution in [0, 0.1) is 0 Å². The van der Waals surface area contributed by atoms with Crippen molar-refractivity contribution in [1.82, 2.24) is 4.90 Å². The monoisotopic (exact) mass is 280 g/mol. The van der Waals surface area contributed by atoms with Crippen LogP contribution in [0.5, 0.6) is 0 Å². The third-order valence-corrected chi connectivity index (χ3v) is 3.94. The molecule has 0 fully saturated rings. The molecule has 0 radical (unpaired) electrons. The van der Waals surface area contributed by atoms with E-state index in [0.717, 1.165) is 11.0 Å².